The van der Waals surface area contributed by atoms with Crippen LogP contribution in [0.1, 0.15) is 19.7 Å². The van der Waals surface area contributed by atoms with Crippen molar-refractivity contribution in [1.29, 1.82) is 0 Å². The second-order valence-corrected chi connectivity index (χ2v) is 5.65. The van der Waals surface area contributed by atoms with Crippen molar-refractivity contribution in [3.8, 4) is 0 Å². The maximum atomic E-state index is 12.1. The Balaban J connectivity index is 2.73. The highest BCUT2D eigenvalue weighted by Crippen LogP contribution is 2.15. The number of amides is 1. The fourth-order valence-corrected chi connectivity index (χ4v) is 1.80. The molecule has 0 fully saturated rings. The average molecular weight is 283 g/mol. The van der Waals surface area contributed by atoms with Crippen LogP contribution in [-0.2, 0) is 11.3 Å². The monoisotopic (exact) mass is 283 g/mol. The van der Waals surface area contributed by atoms with Gasteiger partial charge in [-0.15, -0.1) is 0 Å². The molecule has 0 atom stereocenters. The van der Waals surface area contributed by atoms with Crippen LogP contribution in [0.2, 0.25) is 0 Å². The molecule has 1 aromatic rings. The van der Waals surface area contributed by atoms with Gasteiger partial charge in [0, 0.05) is 20.5 Å². The molecule has 0 saturated carbocycles. The topological polar surface area (TPSA) is 107 Å². The summed E-state index contributed by atoms with van der Waals surface area (Å²) in [6, 6.07) is 0. The summed E-state index contributed by atoms with van der Waals surface area (Å²) in [5.74, 6) is 0.0544. The van der Waals surface area contributed by atoms with Crippen LogP contribution in [0.15, 0.2) is 6.20 Å². The molecule has 0 aliphatic heterocycles. The Labute approximate surface area is 117 Å². The number of rotatable bonds is 6. The third-order valence-electron chi connectivity index (χ3n) is 3.10. The van der Waals surface area contributed by atoms with Crippen LogP contribution in [0.5, 0.6) is 0 Å². The lowest BCUT2D eigenvalue weighted by molar-refractivity contribution is -0.389. The second kappa shape index (κ2) is 6.00. The van der Waals surface area contributed by atoms with E-state index >= 15 is 0 Å². The summed E-state index contributed by atoms with van der Waals surface area (Å²) in [7, 11) is 1.69. The molecule has 0 bridgehead atoms. The third kappa shape index (κ3) is 4.02. The number of hydrogen-bond acceptors (Lipinski definition) is 5. The van der Waals surface area contributed by atoms with Gasteiger partial charge in [-0.1, -0.05) is 13.8 Å². The number of nitrogens with two attached hydrogens (primary N) is 1. The van der Waals surface area contributed by atoms with Gasteiger partial charge >= 0.3 is 5.82 Å². The summed E-state index contributed by atoms with van der Waals surface area (Å²) >= 11 is 0. The third-order valence-corrected chi connectivity index (χ3v) is 3.10. The van der Waals surface area contributed by atoms with Crippen LogP contribution in [0.3, 0.4) is 0 Å². The van der Waals surface area contributed by atoms with Gasteiger partial charge in [0.2, 0.25) is 11.7 Å². The molecule has 0 saturated heterocycles. The highest BCUT2D eigenvalue weighted by molar-refractivity contribution is 5.75. The SMILES string of the molecule is Cc1nc([N+](=O)[O-])cn1CC(=O)N(C)CC(C)(C)CN. The zero-order chi connectivity index (χ0) is 15.5. The Morgan fingerprint density at radius 1 is 1.60 bits per heavy atom. The minimum absolute atomic E-state index is 0.0316. The van der Waals surface area contributed by atoms with E-state index in [2.05, 4.69) is 4.98 Å². The van der Waals surface area contributed by atoms with Gasteiger partial charge < -0.3 is 20.7 Å². The zero-order valence-corrected chi connectivity index (χ0v) is 12.3. The first kappa shape index (κ1) is 16.1. The van der Waals surface area contributed by atoms with Crippen molar-refractivity contribution in [3.05, 3.63) is 22.1 Å². The maximum absolute atomic E-state index is 12.1. The predicted octanol–water partition coefficient (Wildman–Crippen LogP) is 0.543. The van der Waals surface area contributed by atoms with Crippen LogP contribution in [0.4, 0.5) is 5.82 Å². The lowest BCUT2D eigenvalue weighted by atomic mass is 9.93. The van der Waals surface area contributed by atoms with Gasteiger partial charge in [0.25, 0.3) is 0 Å². The molecule has 0 unspecified atom stereocenters. The van der Waals surface area contributed by atoms with E-state index < -0.39 is 4.92 Å². The highest BCUT2D eigenvalue weighted by atomic mass is 16.6. The summed E-state index contributed by atoms with van der Waals surface area (Å²) in [4.78, 5) is 27.5. The second-order valence-electron chi connectivity index (χ2n) is 5.65. The van der Waals surface area contributed by atoms with Crippen LogP contribution in [-0.4, -0.2) is 45.4 Å². The van der Waals surface area contributed by atoms with E-state index in [-0.39, 0.29) is 23.7 Å². The Morgan fingerprint density at radius 2 is 2.20 bits per heavy atom. The molecule has 8 nitrogen and oxygen atoms in total. The van der Waals surface area contributed by atoms with Crippen LogP contribution < -0.4 is 5.73 Å². The van der Waals surface area contributed by atoms with Crippen molar-refractivity contribution in [2.75, 3.05) is 20.1 Å². The average Bonchev–Trinajstić information content (AvgIpc) is 2.70. The lowest BCUT2D eigenvalue weighted by Gasteiger charge is -2.29. The van der Waals surface area contributed by atoms with E-state index in [0.29, 0.717) is 18.9 Å². The smallest absolute Gasteiger partial charge is 0.358 e. The summed E-state index contributed by atoms with van der Waals surface area (Å²) in [5, 5.41) is 10.6. The van der Waals surface area contributed by atoms with E-state index in [1.165, 1.54) is 10.8 Å². The Hall–Kier alpha value is -1.96. The maximum Gasteiger partial charge on any atom is 0.381 e. The molecule has 1 rings (SSSR count). The number of aryl methyl sites for hydroxylation is 1. The normalized spacial score (nSPS) is 11.4. The van der Waals surface area contributed by atoms with Crippen molar-refractivity contribution in [2.45, 2.75) is 27.3 Å². The van der Waals surface area contributed by atoms with Gasteiger partial charge in [-0.2, -0.15) is 0 Å². The fraction of sp³-hybridized carbons (Fsp3) is 0.667. The summed E-state index contributed by atoms with van der Waals surface area (Å²) in [6.45, 7) is 6.61. The minimum atomic E-state index is -0.574. The first-order valence-corrected chi connectivity index (χ1v) is 6.28. The van der Waals surface area contributed by atoms with Crippen LogP contribution in [0, 0.1) is 22.5 Å². The van der Waals surface area contributed by atoms with E-state index in [1.807, 2.05) is 13.8 Å². The number of likely N-dealkylation sites (N-methyl/N-ethyl adjacent to an activating group) is 1. The first-order chi connectivity index (χ1) is 9.16. The van der Waals surface area contributed by atoms with Crippen molar-refractivity contribution in [3.63, 3.8) is 0 Å². The Bertz CT molecular complexity index is 509. The minimum Gasteiger partial charge on any atom is -0.358 e. The van der Waals surface area contributed by atoms with Gasteiger partial charge in [0.15, 0.2) is 0 Å². The summed E-state index contributed by atoms with van der Waals surface area (Å²) < 4.78 is 1.48. The van der Waals surface area contributed by atoms with Crippen molar-refractivity contribution < 1.29 is 9.72 Å². The quantitative estimate of drug-likeness (QED) is 0.605. The molecule has 0 aromatic carbocycles. The molecule has 0 spiro atoms. The number of aromatic nitrogens is 2. The van der Waals surface area contributed by atoms with Crippen molar-refractivity contribution >= 4 is 11.7 Å². The Kier molecular flexibility index (Phi) is 4.83. The molecule has 0 aliphatic carbocycles. The largest absolute Gasteiger partial charge is 0.381 e. The van der Waals surface area contributed by atoms with Gasteiger partial charge in [-0.25, -0.2) is 0 Å². The first-order valence-electron chi connectivity index (χ1n) is 6.28. The number of hydrogen-bond donors (Lipinski definition) is 1. The molecular formula is C12H21N5O3. The predicted molar refractivity (Wildman–Crippen MR) is 74.1 cm³/mol. The van der Waals surface area contributed by atoms with E-state index in [0.717, 1.165) is 0 Å². The lowest BCUT2D eigenvalue weighted by Crippen LogP contribution is -2.41. The van der Waals surface area contributed by atoms with Gasteiger partial charge in [0.1, 0.15) is 12.7 Å². The van der Waals surface area contributed by atoms with Crippen LogP contribution in [0.25, 0.3) is 0 Å². The van der Waals surface area contributed by atoms with Gasteiger partial charge in [-0.05, 0) is 21.9 Å². The van der Waals surface area contributed by atoms with Crippen LogP contribution >= 0.6 is 0 Å². The van der Waals surface area contributed by atoms with Gasteiger partial charge in [-0.3, -0.25) is 9.36 Å². The Morgan fingerprint density at radius 3 is 2.65 bits per heavy atom. The zero-order valence-electron chi connectivity index (χ0n) is 12.3. The highest BCUT2D eigenvalue weighted by Gasteiger charge is 2.23. The molecule has 1 aromatic heterocycles. The number of carbonyl (C=O) groups excluding carboxylic acids is 1. The molecule has 2 N–H and O–H groups in total. The molecule has 20 heavy (non-hydrogen) atoms. The number of carbonyl (C=O) groups is 1. The molecular weight excluding hydrogens is 262 g/mol. The van der Waals surface area contributed by atoms with Crippen molar-refractivity contribution in [1.82, 2.24) is 14.5 Å². The van der Waals surface area contributed by atoms with E-state index in [9.17, 15) is 14.9 Å². The standard InChI is InChI=1S/C12H21N5O3/c1-9-14-10(17(19)20)5-16(9)6-11(18)15(4)8-12(2,3)7-13/h5H,6-8,13H2,1-4H3. The van der Waals surface area contributed by atoms with E-state index in [1.54, 1.807) is 18.9 Å². The molecule has 8 heteroatoms. The molecule has 1 heterocycles. The molecule has 0 radical (unpaired) electrons. The van der Waals surface area contributed by atoms with Crippen molar-refractivity contribution in [2.24, 2.45) is 11.1 Å². The van der Waals surface area contributed by atoms with Gasteiger partial charge in [0.05, 0.1) is 0 Å². The summed E-state index contributed by atoms with van der Waals surface area (Å²) in [6.07, 6.45) is 1.27. The van der Waals surface area contributed by atoms with E-state index in [4.69, 9.17) is 5.73 Å². The number of nitrogens with zero attached hydrogens (tertiary/aromatic N) is 4. The molecule has 1 amide bonds. The summed E-state index contributed by atoms with van der Waals surface area (Å²) in [5.41, 5.74) is 5.47. The molecule has 0 aliphatic rings. The number of nitro groups is 1. The molecule has 112 valence electrons. The number of imidazole rings is 1. The fourth-order valence-electron chi connectivity index (χ4n) is 1.80.